The van der Waals surface area contributed by atoms with Crippen molar-refractivity contribution in [2.45, 2.75) is 20.5 Å². The van der Waals surface area contributed by atoms with Gasteiger partial charge in [0.05, 0.1) is 21.9 Å². The van der Waals surface area contributed by atoms with E-state index in [1.165, 1.54) is 17.1 Å². The number of nitrogens with zero attached hydrogens (tertiary/aromatic N) is 3. The summed E-state index contributed by atoms with van der Waals surface area (Å²) in [5.41, 5.74) is 4.00. The predicted molar refractivity (Wildman–Crippen MR) is 124 cm³/mol. The molecular weight excluding hydrogens is 406 g/mol. The highest BCUT2D eigenvalue weighted by molar-refractivity contribution is 6.32. The zero-order valence-corrected chi connectivity index (χ0v) is 17.7. The lowest BCUT2D eigenvalue weighted by atomic mass is 10.1. The van der Waals surface area contributed by atoms with Crippen molar-refractivity contribution < 1.29 is 14.5 Å². The van der Waals surface area contributed by atoms with E-state index in [0.29, 0.717) is 34.9 Å². The molecule has 0 spiro atoms. The Kier molecular flexibility index (Phi) is 5.81. The SMILES string of the molecule is CC1=NN(c2ccccc2)C(=O)C1=Cc1cc([N+](=O)[O-])ccc1OCc1ccc(C)cc1. The van der Waals surface area contributed by atoms with Gasteiger partial charge < -0.3 is 4.74 Å². The van der Waals surface area contributed by atoms with Gasteiger partial charge in [0.1, 0.15) is 12.4 Å². The third-order valence-electron chi connectivity index (χ3n) is 5.08. The smallest absolute Gasteiger partial charge is 0.280 e. The molecule has 0 atom stereocenters. The van der Waals surface area contributed by atoms with Gasteiger partial charge in [0.15, 0.2) is 0 Å². The number of anilines is 1. The Bertz CT molecular complexity index is 1230. The van der Waals surface area contributed by atoms with Crippen LogP contribution in [0.15, 0.2) is 83.5 Å². The van der Waals surface area contributed by atoms with Crippen LogP contribution in [-0.4, -0.2) is 16.5 Å². The maximum atomic E-state index is 13.0. The molecule has 0 aliphatic carbocycles. The van der Waals surface area contributed by atoms with E-state index in [4.69, 9.17) is 4.74 Å². The molecule has 7 heteroatoms. The third-order valence-corrected chi connectivity index (χ3v) is 5.08. The van der Waals surface area contributed by atoms with Gasteiger partial charge >= 0.3 is 0 Å². The number of hydrogen-bond donors (Lipinski definition) is 0. The summed E-state index contributed by atoms with van der Waals surface area (Å²) in [6, 6.07) is 21.4. The van der Waals surface area contributed by atoms with E-state index in [2.05, 4.69) is 5.10 Å². The molecule has 0 N–H and O–H groups in total. The van der Waals surface area contributed by atoms with Gasteiger partial charge in [-0.2, -0.15) is 10.1 Å². The Morgan fingerprint density at radius 3 is 2.44 bits per heavy atom. The molecule has 160 valence electrons. The highest BCUT2D eigenvalue weighted by Crippen LogP contribution is 2.30. The molecule has 0 fully saturated rings. The summed E-state index contributed by atoms with van der Waals surface area (Å²) >= 11 is 0. The van der Waals surface area contributed by atoms with Gasteiger partial charge in [-0.1, -0.05) is 48.0 Å². The van der Waals surface area contributed by atoms with Crippen LogP contribution in [0.5, 0.6) is 5.75 Å². The minimum Gasteiger partial charge on any atom is -0.488 e. The number of para-hydroxylation sites is 1. The van der Waals surface area contributed by atoms with Gasteiger partial charge in [0.2, 0.25) is 0 Å². The zero-order chi connectivity index (χ0) is 22.7. The van der Waals surface area contributed by atoms with Gasteiger partial charge in [0.25, 0.3) is 11.6 Å². The maximum Gasteiger partial charge on any atom is 0.280 e. The molecule has 1 heterocycles. The van der Waals surface area contributed by atoms with E-state index < -0.39 is 4.92 Å². The highest BCUT2D eigenvalue weighted by Gasteiger charge is 2.29. The number of benzene rings is 3. The van der Waals surface area contributed by atoms with Crippen molar-refractivity contribution in [3.63, 3.8) is 0 Å². The summed E-state index contributed by atoms with van der Waals surface area (Å²) in [6.45, 7) is 4.04. The summed E-state index contributed by atoms with van der Waals surface area (Å²) in [5, 5.41) is 17.0. The van der Waals surface area contributed by atoms with Gasteiger partial charge in [-0.05, 0) is 43.7 Å². The molecule has 0 aromatic heterocycles. The third kappa shape index (κ3) is 4.41. The Hall–Kier alpha value is -4.26. The van der Waals surface area contributed by atoms with Crippen molar-refractivity contribution in [2.24, 2.45) is 5.10 Å². The van der Waals surface area contributed by atoms with Crippen molar-refractivity contribution in [3.05, 3.63) is 105 Å². The van der Waals surface area contributed by atoms with Crippen LogP contribution in [0.25, 0.3) is 6.08 Å². The molecule has 3 aromatic carbocycles. The number of nitro groups is 1. The average Bonchev–Trinajstić information content (AvgIpc) is 3.08. The molecule has 1 amide bonds. The van der Waals surface area contributed by atoms with Crippen molar-refractivity contribution in [1.29, 1.82) is 0 Å². The van der Waals surface area contributed by atoms with Crippen LogP contribution in [-0.2, 0) is 11.4 Å². The largest absolute Gasteiger partial charge is 0.488 e. The number of amides is 1. The van der Waals surface area contributed by atoms with Crippen molar-refractivity contribution in [1.82, 2.24) is 0 Å². The molecule has 32 heavy (non-hydrogen) atoms. The van der Waals surface area contributed by atoms with Crippen molar-refractivity contribution in [2.75, 3.05) is 5.01 Å². The number of non-ortho nitro benzene ring substituents is 1. The van der Waals surface area contributed by atoms with Gasteiger partial charge in [-0.15, -0.1) is 0 Å². The van der Waals surface area contributed by atoms with Gasteiger partial charge in [0, 0.05) is 17.7 Å². The first-order chi connectivity index (χ1) is 15.4. The standard InChI is InChI=1S/C25H21N3O4/c1-17-8-10-19(11-9-17)16-32-24-13-12-22(28(30)31)14-20(24)15-23-18(2)26-27(25(23)29)21-6-4-3-5-7-21/h3-15H,16H2,1-2H3. The summed E-state index contributed by atoms with van der Waals surface area (Å²) in [5.74, 6) is 0.145. The number of ether oxygens (including phenoxy) is 1. The first-order valence-electron chi connectivity index (χ1n) is 10.1. The lowest BCUT2D eigenvalue weighted by Crippen LogP contribution is -2.21. The molecular formula is C25H21N3O4. The summed E-state index contributed by atoms with van der Waals surface area (Å²) < 4.78 is 5.96. The average molecular weight is 427 g/mol. The van der Waals surface area contributed by atoms with Crippen LogP contribution in [0.3, 0.4) is 0 Å². The Balaban J connectivity index is 1.66. The molecule has 3 aromatic rings. The van der Waals surface area contributed by atoms with Gasteiger partial charge in [-0.3, -0.25) is 14.9 Å². The monoisotopic (exact) mass is 427 g/mol. The number of carbonyl (C=O) groups excluding carboxylic acids is 1. The van der Waals surface area contributed by atoms with Crippen molar-refractivity contribution in [3.8, 4) is 5.75 Å². The topological polar surface area (TPSA) is 85.0 Å². The first-order valence-corrected chi connectivity index (χ1v) is 10.1. The second-order valence-corrected chi connectivity index (χ2v) is 7.45. The molecule has 0 bridgehead atoms. The van der Waals surface area contributed by atoms with Crippen LogP contribution < -0.4 is 9.75 Å². The van der Waals surface area contributed by atoms with Crippen LogP contribution in [0.2, 0.25) is 0 Å². The second kappa shape index (κ2) is 8.85. The quantitative estimate of drug-likeness (QED) is 0.304. The Labute approximate surface area is 185 Å². The minimum atomic E-state index is -0.473. The van der Waals surface area contributed by atoms with E-state index in [-0.39, 0.29) is 11.6 Å². The van der Waals surface area contributed by atoms with E-state index in [0.717, 1.165) is 11.1 Å². The lowest BCUT2D eigenvalue weighted by Gasteiger charge is -2.12. The molecule has 7 nitrogen and oxygen atoms in total. The maximum absolute atomic E-state index is 13.0. The Morgan fingerprint density at radius 2 is 1.75 bits per heavy atom. The summed E-state index contributed by atoms with van der Waals surface area (Å²) in [6.07, 6.45) is 1.60. The minimum absolute atomic E-state index is 0.0838. The summed E-state index contributed by atoms with van der Waals surface area (Å²) in [4.78, 5) is 23.9. The molecule has 1 aliphatic rings. The number of nitro benzene ring substituents is 1. The van der Waals surface area contributed by atoms with Crippen molar-refractivity contribution >= 4 is 29.1 Å². The molecule has 0 unspecified atom stereocenters. The van der Waals surface area contributed by atoms with Crippen LogP contribution in [0.4, 0.5) is 11.4 Å². The lowest BCUT2D eigenvalue weighted by molar-refractivity contribution is -0.384. The van der Waals surface area contributed by atoms with E-state index in [1.54, 1.807) is 31.2 Å². The fourth-order valence-electron chi connectivity index (χ4n) is 3.32. The predicted octanol–water partition coefficient (Wildman–Crippen LogP) is 5.29. The first kappa shape index (κ1) is 21.0. The van der Waals surface area contributed by atoms with E-state index >= 15 is 0 Å². The van der Waals surface area contributed by atoms with Crippen LogP contribution in [0, 0.1) is 17.0 Å². The number of hydrogen-bond acceptors (Lipinski definition) is 5. The Morgan fingerprint density at radius 1 is 1.03 bits per heavy atom. The number of carbonyl (C=O) groups is 1. The normalized spacial score (nSPS) is 14.6. The molecule has 1 aliphatic heterocycles. The zero-order valence-electron chi connectivity index (χ0n) is 17.7. The molecule has 4 rings (SSSR count). The fraction of sp³-hybridized carbons (Fsp3) is 0.120. The van der Waals surface area contributed by atoms with Crippen LogP contribution in [0.1, 0.15) is 23.6 Å². The molecule has 0 saturated carbocycles. The molecule has 0 radical (unpaired) electrons. The number of hydrazone groups is 1. The van der Waals surface area contributed by atoms with Gasteiger partial charge in [-0.25, -0.2) is 0 Å². The summed E-state index contributed by atoms with van der Waals surface area (Å²) in [7, 11) is 0. The number of rotatable bonds is 6. The van der Waals surface area contributed by atoms with Crippen LogP contribution >= 0.6 is 0 Å². The van der Waals surface area contributed by atoms with E-state index in [9.17, 15) is 14.9 Å². The highest BCUT2D eigenvalue weighted by atomic mass is 16.6. The van der Waals surface area contributed by atoms with E-state index in [1.807, 2.05) is 49.4 Å². The number of aryl methyl sites for hydroxylation is 1. The molecule has 0 saturated heterocycles. The second-order valence-electron chi connectivity index (χ2n) is 7.45. The fourth-order valence-corrected chi connectivity index (χ4v) is 3.32.